The van der Waals surface area contributed by atoms with Crippen molar-refractivity contribution in [3.63, 3.8) is 0 Å². The van der Waals surface area contributed by atoms with Crippen LogP contribution in [0.5, 0.6) is 5.75 Å². The summed E-state index contributed by atoms with van der Waals surface area (Å²) >= 11 is 1.83. The van der Waals surface area contributed by atoms with E-state index in [2.05, 4.69) is 10.9 Å². The number of fused-ring (bicyclic) bond motifs is 2. The van der Waals surface area contributed by atoms with Crippen LogP contribution < -0.4 is 13.9 Å². The standard InChI is InChI=1S/C28H24IN3O4/c29-36-25-14-13-24(22-9-3-4-10-23(22)25)28(35)32-15-5-8-21(17-32)27(34)31-30-26(33)20-12-11-18-6-1-2-7-19(18)16-20/h1-4,6-7,9-14,16,21H,5,8,15,17H2,(H,30,33)(H,31,34)/t21-/m0/s1. The summed E-state index contributed by atoms with van der Waals surface area (Å²) in [6, 6.07) is 24.3. The molecule has 0 unspecified atom stereocenters. The van der Waals surface area contributed by atoms with E-state index >= 15 is 0 Å². The first-order valence-corrected chi connectivity index (χ1v) is 12.6. The second kappa shape index (κ2) is 10.5. The van der Waals surface area contributed by atoms with Crippen LogP contribution >= 0.6 is 23.0 Å². The number of carbonyl (C=O) groups excluding carboxylic acids is 3. The maximum Gasteiger partial charge on any atom is 0.269 e. The molecule has 0 saturated carbocycles. The van der Waals surface area contributed by atoms with Gasteiger partial charge in [-0.3, -0.25) is 25.2 Å². The smallest absolute Gasteiger partial charge is 0.269 e. The van der Waals surface area contributed by atoms with Gasteiger partial charge in [0.05, 0.1) is 5.92 Å². The molecule has 0 aliphatic carbocycles. The number of hydrogen-bond acceptors (Lipinski definition) is 4. The maximum atomic E-state index is 13.4. The van der Waals surface area contributed by atoms with Gasteiger partial charge in [-0.25, -0.2) is 0 Å². The molecule has 0 spiro atoms. The van der Waals surface area contributed by atoms with Crippen LogP contribution in [-0.4, -0.2) is 35.7 Å². The van der Waals surface area contributed by atoms with Crippen LogP contribution in [0, 0.1) is 5.92 Å². The molecule has 182 valence electrons. The molecule has 1 atom stereocenters. The minimum Gasteiger partial charge on any atom is -0.427 e. The predicted molar refractivity (Wildman–Crippen MR) is 147 cm³/mol. The number of halogens is 1. The van der Waals surface area contributed by atoms with E-state index in [1.54, 1.807) is 29.2 Å². The second-order valence-electron chi connectivity index (χ2n) is 8.83. The van der Waals surface area contributed by atoms with E-state index in [9.17, 15) is 14.4 Å². The first kappa shape index (κ1) is 24.1. The molecular weight excluding hydrogens is 569 g/mol. The quantitative estimate of drug-likeness (QED) is 0.257. The van der Waals surface area contributed by atoms with Gasteiger partial charge in [-0.1, -0.05) is 54.6 Å². The molecule has 0 aromatic heterocycles. The molecule has 7 nitrogen and oxygen atoms in total. The van der Waals surface area contributed by atoms with Crippen molar-refractivity contribution < 1.29 is 17.4 Å². The first-order chi connectivity index (χ1) is 17.5. The van der Waals surface area contributed by atoms with Gasteiger partial charge in [-0.2, -0.15) is 0 Å². The summed E-state index contributed by atoms with van der Waals surface area (Å²) in [7, 11) is 0. The Morgan fingerprint density at radius 3 is 2.42 bits per heavy atom. The lowest BCUT2D eigenvalue weighted by molar-refractivity contribution is -0.127. The van der Waals surface area contributed by atoms with Crippen LogP contribution in [0.2, 0.25) is 0 Å². The summed E-state index contributed by atoms with van der Waals surface area (Å²) in [6.45, 7) is 0.861. The highest BCUT2D eigenvalue weighted by molar-refractivity contribution is 14.1. The Morgan fingerprint density at radius 1 is 0.861 bits per heavy atom. The van der Waals surface area contributed by atoms with Crippen molar-refractivity contribution in [1.29, 1.82) is 0 Å². The molecular formula is C28H24IN3O4. The van der Waals surface area contributed by atoms with Crippen LogP contribution in [-0.2, 0) is 4.79 Å². The topological polar surface area (TPSA) is 87.7 Å². The van der Waals surface area contributed by atoms with E-state index in [-0.39, 0.29) is 24.3 Å². The number of benzene rings is 4. The number of hydrogen-bond donors (Lipinski definition) is 2. The lowest BCUT2D eigenvalue weighted by Gasteiger charge is -2.32. The molecule has 4 aromatic rings. The maximum absolute atomic E-state index is 13.4. The zero-order chi connectivity index (χ0) is 25.1. The molecule has 1 aliphatic rings. The summed E-state index contributed by atoms with van der Waals surface area (Å²) in [4.78, 5) is 40.6. The van der Waals surface area contributed by atoms with E-state index in [4.69, 9.17) is 3.07 Å². The first-order valence-electron chi connectivity index (χ1n) is 11.7. The van der Waals surface area contributed by atoms with Crippen LogP contribution in [0.15, 0.2) is 78.9 Å². The van der Waals surface area contributed by atoms with Crippen molar-refractivity contribution in [3.8, 4) is 5.75 Å². The molecule has 1 aliphatic heterocycles. The highest BCUT2D eigenvalue weighted by Crippen LogP contribution is 2.31. The van der Waals surface area contributed by atoms with E-state index in [1.807, 2.05) is 77.6 Å². The third-order valence-electron chi connectivity index (χ3n) is 6.59. The Morgan fingerprint density at radius 2 is 1.61 bits per heavy atom. The van der Waals surface area contributed by atoms with Crippen molar-refractivity contribution in [1.82, 2.24) is 15.8 Å². The third kappa shape index (κ3) is 4.86. The zero-order valence-electron chi connectivity index (χ0n) is 19.4. The summed E-state index contributed by atoms with van der Waals surface area (Å²) in [6.07, 6.45) is 1.35. The van der Waals surface area contributed by atoms with Crippen LogP contribution in [0.3, 0.4) is 0 Å². The Kier molecular flexibility index (Phi) is 7.04. The Balaban J connectivity index is 1.24. The average Bonchev–Trinajstić information content (AvgIpc) is 2.94. The Bertz CT molecular complexity index is 1470. The van der Waals surface area contributed by atoms with E-state index in [1.165, 1.54) is 0 Å². The molecule has 8 heteroatoms. The summed E-state index contributed by atoms with van der Waals surface area (Å²) in [5.41, 5.74) is 6.10. The van der Waals surface area contributed by atoms with Crippen LogP contribution in [0.25, 0.3) is 21.5 Å². The van der Waals surface area contributed by atoms with E-state index in [0.717, 1.165) is 21.5 Å². The molecule has 36 heavy (non-hydrogen) atoms. The van der Waals surface area contributed by atoms with Crippen molar-refractivity contribution in [2.45, 2.75) is 12.8 Å². The molecule has 1 saturated heterocycles. The number of hydrazine groups is 1. The number of amides is 3. The largest absolute Gasteiger partial charge is 0.427 e. The predicted octanol–water partition coefficient (Wildman–Crippen LogP) is 5.04. The van der Waals surface area contributed by atoms with Gasteiger partial charge in [-0.15, -0.1) is 0 Å². The van der Waals surface area contributed by atoms with Gasteiger partial charge in [0, 0.05) is 29.6 Å². The lowest BCUT2D eigenvalue weighted by Crippen LogP contribution is -2.50. The number of rotatable bonds is 4. The van der Waals surface area contributed by atoms with Gasteiger partial charge >= 0.3 is 0 Å². The highest BCUT2D eigenvalue weighted by Gasteiger charge is 2.30. The molecule has 5 rings (SSSR count). The zero-order valence-corrected chi connectivity index (χ0v) is 21.5. The fraction of sp³-hybridized carbons (Fsp3) is 0.179. The van der Waals surface area contributed by atoms with Gasteiger partial charge < -0.3 is 7.97 Å². The summed E-state index contributed by atoms with van der Waals surface area (Å²) in [5, 5.41) is 3.66. The molecule has 3 amide bonds. The van der Waals surface area contributed by atoms with Gasteiger partial charge in [0.15, 0.2) is 23.0 Å². The third-order valence-corrected chi connectivity index (χ3v) is 7.06. The van der Waals surface area contributed by atoms with Crippen molar-refractivity contribution in [2.75, 3.05) is 13.1 Å². The normalized spacial score (nSPS) is 15.5. The van der Waals surface area contributed by atoms with Gasteiger partial charge in [0.2, 0.25) is 5.91 Å². The van der Waals surface area contributed by atoms with Gasteiger partial charge in [0.25, 0.3) is 11.8 Å². The van der Waals surface area contributed by atoms with Crippen LogP contribution in [0.1, 0.15) is 33.6 Å². The fourth-order valence-corrected chi connectivity index (χ4v) is 5.08. The lowest BCUT2D eigenvalue weighted by atomic mass is 9.95. The molecule has 0 bridgehead atoms. The highest BCUT2D eigenvalue weighted by atomic mass is 127. The molecule has 4 aromatic carbocycles. The fourth-order valence-electron chi connectivity index (χ4n) is 4.69. The number of nitrogens with one attached hydrogen (secondary N) is 2. The average molecular weight is 593 g/mol. The van der Waals surface area contributed by atoms with Crippen molar-refractivity contribution in [2.24, 2.45) is 5.92 Å². The Hall–Kier alpha value is -3.66. The number of likely N-dealkylation sites (tertiary alicyclic amines) is 1. The van der Waals surface area contributed by atoms with E-state index in [0.29, 0.717) is 36.3 Å². The molecule has 2 N–H and O–H groups in total. The van der Waals surface area contributed by atoms with E-state index < -0.39 is 5.92 Å². The molecule has 0 radical (unpaired) electrons. The molecule has 1 fully saturated rings. The van der Waals surface area contributed by atoms with Gasteiger partial charge in [0.1, 0.15) is 5.75 Å². The molecule has 1 heterocycles. The summed E-state index contributed by atoms with van der Waals surface area (Å²) in [5.74, 6) is -0.533. The number of nitrogens with zero attached hydrogens (tertiary/aromatic N) is 1. The van der Waals surface area contributed by atoms with Crippen molar-refractivity contribution in [3.05, 3.63) is 90.0 Å². The number of piperidine rings is 1. The SMILES string of the molecule is O=C(NNC(=O)[C@H]1CCCN(C(=O)c2ccc(OI)c3ccccc23)C1)c1ccc2ccccc2c1. The van der Waals surface area contributed by atoms with Crippen LogP contribution in [0.4, 0.5) is 0 Å². The number of carbonyl (C=O) groups is 3. The van der Waals surface area contributed by atoms with Gasteiger partial charge in [-0.05, 0) is 53.3 Å². The van der Waals surface area contributed by atoms with Crippen molar-refractivity contribution >= 4 is 62.3 Å². The monoisotopic (exact) mass is 593 g/mol. The Labute approximate surface area is 222 Å². The second-order valence-corrected chi connectivity index (χ2v) is 9.27. The summed E-state index contributed by atoms with van der Waals surface area (Å²) < 4.78 is 5.41. The minimum absolute atomic E-state index is 0.121. The minimum atomic E-state index is -0.414.